The highest BCUT2D eigenvalue weighted by molar-refractivity contribution is 5.55. The van der Waals surface area contributed by atoms with Crippen LogP contribution in [0.15, 0.2) is 12.2 Å². The van der Waals surface area contributed by atoms with Crippen LogP contribution in [0.2, 0.25) is 0 Å². The maximum Gasteiger partial charge on any atom is 0.0669 e. The number of aromatic amines is 1. The largest absolute Gasteiger partial charge is 0.278 e. The fourth-order valence-electron chi connectivity index (χ4n) is 3.79. The van der Waals surface area contributed by atoms with Crippen LogP contribution in [0.5, 0.6) is 0 Å². The second-order valence-corrected chi connectivity index (χ2v) is 6.32. The number of rotatable bonds is 1. The molecule has 0 amide bonds. The number of H-pyrrole nitrogens is 1. The van der Waals surface area contributed by atoms with Crippen molar-refractivity contribution in [3.63, 3.8) is 0 Å². The number of nitrogens with zero attached hydrogens (tertiary/aromatic N) is 1. The molecular formula is C18H26N2. The normalized spacial score (nSPS) is 21.4. The minimum absolute atomic E-state index is 0.763. The average Bonchev–Trinajstić information content (AvgIpc) is 2.76. The third-order valence-electron chi connectivity index (χ3n) is 4.88. The van der Waals surface area contributed by atoms with E-state index in [0.29, 0.717) is 0 Å². The van der Waals surface area contributed by atoms with Gasteiger partial charge in [-0.3, -0.25) is 5.10 Å². The van der Waals surface area contributed by atoms with E-state index in [1.54, 1.807) is 5.57 Å². The third kappa shape index (κ3) is 2.89. The molecule has 0 saturated heterocycles. The van der Waals surface area contributed by atoms with E-state index in [1.165, 1.54) is 67.6 Å². The molecule has 0 aromatic carbocycles. The summed E-state index contributed by atoms with van der Waals surface area (Å²) in [6.07, 6.45) is 19.0. The van der Waals surface area contributed by atoms with Gasteiger partial charge in [-0.05, 0) is 38.2 Å². The molecule has 1 aromatic heterocycles. The molecule has 20 heavy (non-hydrogen) atoms. The number of hydrogen-bond acceptors (Lipinski definition) is 1. The van der Waals surface area contributed by atoms with E-state index in [9.17, 15) is 0 Å². The quantitative estimate of drug-likeness (QED) is 0.833. The lowest BCUT2D eigenvalue weighted by Gasteiger charge is -2.19. The molecule has 1 fully saturated rings. The molecule has 2 aliphatic rings. The molecule has 0 radical (unpaired) electrons. The van der Waals surface area contributed by atoms with Gasteiger partial charge in [-0.2, -0.15) is 5.10 Å². The molecule has 3 rings (SSSR count). The van der Waals surface area contributed by atoms with E-state index in [4.69, 9.17) is 0 Å². The molecule has 2 nitrogen and oxygen atoms in total. The molecular weight excluding hydrogens is 244 g/mol. The van der Waals surface area contributed by atoms with Gasteiger partial charge in [0, 0.05) is 5.22 Å². The molecule has 0 bridgehead atoms. The van der Waals surface area contributed by atoms with Crippen LogP contribution >= 0.6 is 0 Å². The molecule has 108 valence electrons. The van der Waals surface area contributed by atoms with Crippen LogP contribution in [-0.4, -0.2) is 10.2 Å². The zero-order chi connectivity index (χ0) is 13.8. The van der Waals surface area contributed by atoms with Crippen molar-refractivity contribution in [2.75, 3.05) is 0 Å². The second kappa shape index (κ2) is 6.43. The zero-order valence-corrected chi connectivity index (χ0v) is 12.6. The third-order valence-corrected chi connectivity index (χ3v) is 4.88. The molecule has 1 saturated carbocycles. The van der Waals surface area contributed by atoms with Gasteiger partial charge in [-0.1, -0.05) is 56.3 Å². The lowest BCUT2D eigenvalue weighted by atomic mass is 9.86. The Morgan fingerprint density at radius 3 is 2.50 bits per heavy atom. The predicted octanol–water partition coefficient (Wildman–Crippen LogP) is 3.36. The van der Waals surface area contributed by atoms with Crippen molar-refractivity contribution < 1.29 is 0 Å². The Balaban J connectivity index is 1.99. The molecule has 1 N–H and O–H groups in total. The SMILES string of the molecule is Cc1n[nH]c2c1=C(C1CCCCCCCC1)CC=CC=2. The fourth-order valence-corrected chi connectivity index (χ4v) is 3.79. The molecule has 0 unspecified atom stereocenters. The highest BCUT2D eigenvalue weighted by atomic mass is 15.1. The summed E-state index contributed by atoms with van der Waals surface area (Å²) in [7, 11) is 0. The summed E-state index contributed by atoms with van der Waals surface area (Å²) in [6, 6.07) is 0. The van der Waals surface area contributed by atoms with E-state index >= 15 is 0 Å². The van der Waals surface area contributed by atoms with Crippen LogP contribution in [-0.2, 0) is 0 Å². The van der Waals surface area contributed by atoms with Crippen LogP contribution in [0.3, 0.4) is 0 Å². The van der Waals surface area contributed by atoms with Crippen molar-refractivity contribution in [3.8, 4) is 0 Å². The highest BCUT2D eigenvalue weighted by Crippen LogP contribution is 2.30. The Bertz CT molecular complexity index is 581. The van der Waals surface area contributed by atoms with Crippen molar-refractivity contribution in [2.24, 2.45) is 5.92 Å². The molecule has 1 heterocycles. The van der Waals surface area contributed by atoms with E-state index in [1.807, 2.05) is 0 Å². The maximum absolute atomic E-state index is 4.43. The summed E-state index contributed by atoms with van der Waals surface area (Å²) in [5, 5.41) is 10.3. The number of allylic oxidation sites excluding steroid dienone is 2. The number of nitrogens with one attached hydrogen (secondary N) is 1. The van der Waals surface area contributed by atoms with Gasteiger partial charge in [0.1, 0.15) is 0 Å². The van der Waals surface area contributed by atoms with Crippen molar-refractivity contribution >= 4 is 11.6 Å². The topological polar surface area (TPSA) is 28.7 Å². The summed E-state index contributed by atoms with van der Waals surface area (Å²) in [6.45, 7) is 2.14. The van der Waals surface area contributed by atoms with E-state index in [0.717, 1.165) is 12.3 Å². The maximum atomic E-state index is 4.43. The lowest BCUT2D eigenvalue weighted by molar-refractivity contribution is 0.515. The van der Waals surface area contributed by atoms with Crippen molar-refractivity contribution in [3.05, 3.63) is 28.4 Å². The average molecular weight is 270 g/mol. The van der Waals surface area contributed by atoms with Gasteiger partial charge >= 0.3 is 0 Å². The van der Waals surface area contributed by atoms with Crippen molar-refractivity contribution in [1.29, 1.82) is 0 Å². The Morgan fingerprint density at radius 2 is 1.75 bits per heavy atom. The number of hydrogen-bond donors (Lipinski definition) is 1. The first-order valence-corrected chi connectivity index (χ1v) is 8.27. The van der Waals surface area contributed by atoms with Crippen molar-refractivity contribution in [2.45, 2.75) is 64.7 Å². The number of fused-ring (bicyclic) bond motifs is 1. The second-order valence-electron chi connectivity index (χ2n) is 6.32. The first-order valence-electron chi connectivity index (χ1n) is 8.27. The summed E-state index contributed by atoms with van der Waals surface area (Å²) >= 11 is 0. The molecule has 0 aliphatic heterocycles. The van der Waals surface area contributed by atoms with Gasteiger partial charge in [0.2, 0.25) is 0 Å². The Labute approximate surface area is 121 Å². The monoisotopic (exact) mass is 270 g/mol. The lowest BCUT2D eigenvalue weighted by Crippen LogP contribution is -2.28. The standard InChI is InChI=1S/C18H26N2/c1-14-18-16(12-8-9-13-17(18)20-19-14)15-10-6-4-2-3-5-7-11-15/h8-9,13,15,20H,2-7,10-12H2,1H3. The van der Waals surface area contributed by atoms with E-state index in [2.05, 4.69) is 35.3 Å². The fraction of sp³-hybridized carbons (Fsp3) is 0.611. The summed E-state index contributed by atoms with van der Waals surface area (Å²) in [4.78, 5) is 0. The first-order chi connectivity index (χ1) is 9.86. The Kier molecular flexibility index (Phi) is 4.39. The van der Waals surface area contributed by atoms with E-state index < -0.39 is 0 Å². The van der Waals surface area contributed by atoms with Gasteiger partial charge in [0.05, 0.1) is 11.0 Å². The predicted molar refractivity (Wildman–Crippen MR) is 84.6 cm³/mol. The van der Waals surface area contributed by atoms with Crippen LogP contribution in [0.4, 0.5) is 0 Å². The van der Waals surface area contributed by atoms with Crippen LogP contribution in [0, 0.1) is 12.8 Å². The molecule has 0 atom stereocenters. The van der Waals surface area contributed by atoms with Gasteiger partial charge in [-0.25, -0.2) is 0 Å². The highest BCUT2D eigenvalue weighted by Gasteiger charge is 2.17. The zero-order valence-electron chi connectivity index (χ0n) is 12.6. The van der Waals surface area contributed by atoms with E-state index in [-0.39, 0.29) is 0 Å². The number of aromatic nitrogens is 2. The van der Waals surface area contributed by atoms with Gasteiger partial charge in [0.15, 0.2) is 0 Å². The Hall–Kier alpha value is -1.31. The van der Waals surface area contributed by atoms with Crippen LogP contribution < -0.4 is 10.6 Å². The smallest absolute Gasteiger partial charge is 0.0669 e. The first kappa shape index (κ1) is 13.7. The summed E-state index contributed by atoms with van der Waals surface area (Å²) in [5.74, 6) is 0.763. The molecule has 0 spiro atoms. The van der Waals surface area contributed by atoms with Crippen molar-refractivity contribution in [1.82, 2.24) is 10.2 Å². The Morgan fingerprint density at radius 1 is 1.05 bits per heavy atom. The summed E-state index contributed by atoms with van der Waals surface area (Å²) < 4.78 is 0. The number of aryl methyl sites for hydroxylation is 1. The summed E-state index contributed by atoms with van der Waals surface area (Å²) in [5.41, 5.74) is 2.81. The van der Waals surface area contributed by atoms with Gasteiger partial charge < -0.3 is 0 Å². The molecule has 1 aromatic rings. The molecule has 2 aliphatic carbocycles. The van der Waals surface area contributed by atoms with Crippen LogP contribution in [0.1, 0.15) is 63.5 Å². The minimum atomic E-state index is 0.763. The minimum Gasteiger partial charge on any atom is -0.278 e. The van der Waals surface area contributed by atoms with Crippen LogP contribution in [0.25, 0.3) is 11.6 Å². The van der Waals surface area contributed by atoms with Gasteiger partial charge in [0.25, 0.3) is 0 Å². The molecule has 2 heteroatoms. The van der Waals surface area contributed by atoms with Gasteiger partial charge in [-0.15, -0.1) is 0 Å².